The van der Waals surface area contributed by atoms with Gasteiger partial charge < -0.3 is 0 Å². The van der Waals surface area contributed by atoms with Gasteiger partial charge in [-0.1, -0.05) is 224 Å². The van der Waals surface area contributed by atoms with Crippen molar-refractivity contribution < 1.29 is 0 Å². The molecule has 0 atom stereocenters. The second-order valence-corrected chi connectivity index (χ2v) is 23.3. The van der Waals surface area contributed by atoms with Crippen molar-refractivity contribution in [2.45, 2.75) is 51.4 Å². The van der Waals surface area contributed by atoms with E-state index in [4.69, 9.17) is 0 Å². The van der Waals surface area contributed by atoms with Crippen molar-refractivity contribution in [2.75, 3.05) is 0 Å². The summed E-state index contributed by atoms with van der Waals surface area (Å²) in [7, 11) is 0. The summed E-state index contributed by atoms with van der Waals surface area (Å²) in [5.41, 5.74) is 46.9. The summed E-state index contributed by atoms with van der Waals surface area (Å²) in [4.78, 5) is 0. The number of hydrogen-bond donors (Lipinski definition) is 0. The monoisotopic (exact) mass is 1020 g/mol. The molecule has 0 N–H and O–H groups in total. The number of fused-ring (bicyclic) bond motifs is 26. The van der Waals surface area contributed by atoms with Gasteiger partial charge in [0, 0.05) is 0 Å². The molecule has 0 heteroatoms. The van der Waals surface area contributed by atoms with E-state index in [1.165, 1.54) is 178 Å². The Kier molecular flexibility index (Phi) is 10.3. The minimum atomic E-state index is 1.08. The maximum atomic E-state index is 2.44. The quantitative estimate of drug-likeness (QED) is 0.142. The standard InChI is InChI=1S/4C20H14/c1-3-7-16-14(6-1)12-19-18(16)10-9-15-11-13-5-2-4-8-17(13)20(15)19;1-3-7-17-13(5-1)9-15-11-20-16(12-19(15)17)10-14-6-2-4-8-18(14)20;1-3-7-17-13(5-1)9-15-11-16-10-14-6-2-4-8-18(14)20(16)12-19(15)17;1-3-7-17-13(5-1)11-15-9-10-16-12-14-6-2-4-8-18(14)20(16)19(15)17/h1-10H,11-12H2;2*1-8,11-12H,9-10H2;1-10H,11-12H2. The van der Waals surface area contributed by atoms with Gasteiger partial charge in [-0.3, -0.25) is 0 Å². The van der Waals surface area contributed by atoms with Crippen LogP contribution in [0.15, 0.2) is 243 Å². The first-order chi connectivity index (χ1) is 39.6. The van der Waals surface area contributed by atoms with E-state index in [0.717, 1.165) is 51.4 Å². The largest absolute Gasteiger partial charge is 0.0619 e. The topological polar surface area (TPSA) is 0 Å². The van der Waals surface area contributed by atoms with Gasteiger partial charge in [0.25, 0.3) is 0 Å². The van der Waals surface area contributed by atoms with Crippen molar-refractivity contribution in [1.82, 2.24) is 0 Å². The normalized spacial score (nSPS) is 13.6. The first-order valence-corrected chi connectivity index (χ1v) is 28.9. The Morgan fingerprint density at radius 2 is 0.388 bits per heavy atom. The molecule has 0 heterocycles. The highest BCUT2D eigenvalue weighted by atomic mass is 14.3. The first kappa shape index (κ1) is 45.6. The van der Waals surface area contributed by atoms with Crippen molar-refractivity contribution in [2.24, 2.45) is 0 Å². The Morgan fingerprint density at radius 1 is 0.138 bits per heavy atom. The van der Waals surface area contributed by atoms with E-state index in [1.54, 1.807) is 0 Å². The van der Waals surface area contributed by atoms with E-state index in [9.17, 15) is 0 Å². The van der Waals surface area contributed by atoms with Gasteiger partial charge in [-0.05, 0) is 248 Å². The molecular weight excluding hydrogens is 961 g/mol. The van der Waals surface area contributed by atoms with Crippen LogP contribution in [0, 0.1) is 0 Å². The molecule has 12 aromatic carbocycles. The zero-order chi connectivity index (χ0) is 52.4. The van der Waals surface area contributed by atoms with Crippen molar-refractivity contribution >= 4 is 0 Å². The molecule has 80 heavy (non-hydrogen) atoms. The lowest BCUT2D eigenvalue weighted by atomic mass is 9.94. The molecular formula is C80H56. The van der Waals surface area contributed by atoms with Crippen LogP contribution in [0.1, 0.15) is 89.0 Å². The summed E-state index contributed by atoms with van der Waals surface area (Å²) < 4.78 is 0. The summed E-state index contributed by atoms with van der Waals surface area (Å²) in [6.45, 7) is 0. The minimum absolute atomic E-state index is 1.08. The second kappa shape index (κ2) is 18.1. The van der Waals surface area contributed by atoms with E-state index in [-0.39, 0.29) is 0 Å². The molecule has 0 amide bonds. The van der Waals surface area contributed by atoms with Gasteiger partial charge in [-0.2, -0.15) is 0 Å². The maximum Gasteiger partial charge on any atom is -0.000718 e. The number of benzene rings is 12. The van der Waals surface area contributed by atoms with Crippen LogP contribution in [-0.4, -0.2) is 0 Å². The molecule has 0 bridgehead atoms. The molecule has 0 saturated heterocycles. The van der Waals surface area contributed by atoms with Crippen LogP contribution in [0.5, 0.6) is 0 Å². The molecule has 0 saturated carbocycles. The van der Waals surface area contributed by atoms with Gasteiger partial charge in [-0.15, -0.1) is 0 Å². The third-order valence-electron chi connectivity index (χ3n) is 18.9. The van der Waals surface area contributed by atoms with E-state index in [0.29, 0.717) is 0 Å². The molecule has 0 fully saturated rings. The molecule has 0 spiro atoms. The van der Waals surface area contributed by atoms with E-state index in [2.05, 4.69) is 243 Å². The van der Waals surface area contributed by atoms with Crippen molar-refractivity contribution in [3.8, 4) is 89.0 Å². The van der Waals surface area contributed by atoms with Crippen LogP contribution in [0.3, 0.4) is 0 Å². The number of rotatable bonds is 0. The van der Waals surface area contributed by atoms with Gasteiger partial charge >= 0.3 is 0 Å². The van der Waals surface area contributed by atoms with Crippen LogP contribution in [-0.2, 0) is 51.4 Å². The average molecular weight is 1020 g/mol. The van der Waals surface area contributed by atoms with Gasteiger partial charge in [0.05, 0.1) is 0 Å². The van der Waals surface area contributed by atoms with Crippen molar-refractivity contribution in [3.63, 3.8) is 0 Å². The predicted molar refractivity (Wildman–Crippen MR) is 332 cm³/mol. The summed E-state index contributed by atoms with van der Waals surface area (Å²) in [6.07, 6.45) is 8.70. The molecule has 8 aliphatic rings. The Labute approximate surface area is 469 Å². The average Bonchev–Trinajstić information content (AvgIpc) is 4.55. The lowest BCUT2D eigenvalue weighted by Crippen LogP contribution is -1.88. The third-order valence-corrected chi connectivity index (χ3v) is 18.9. The highest BCUT2D eigenvalue weighted by molar-refractivity contribution is 5.96. The van der Waals surface area contributed by atoms with Crippen molar-refractivity contribution in [1.29, 1.82) is 0 Å². The molecule has 0 aromatic heterocycles. The molecule has 12 aromatic rings. The first-order valence-electron chi connectivity index (χ1n) is 28.9. The molecule has 0 radical (unpaired) electrons. The van der Waals surface area contributed by atoms with Gasteiger partial charge in [0.15, 0.2) is 0 Å². The molecule has 8 aliphatic carbocycles. The summed E-state index contributed by atoms with van der Waals surface area (Å²) in [6, 6.07) is 89.7. The molecule has 376 valence electrons. The second-order valence-electron chi connectivity index (χ2n) is 23.3. The Hall–Kier alpha value is -9.36. The molecule has 0 unspecified atom stereocenters. The minimum Gasteiger partial charge on any atom is -0.0619 e. The van der Waals surface area contributed by atoms with E-state index in [1.807, 2.05) is 0 Å². The fourth-order valence-corrected chi connectivity index (χ4v) is 15.3. The molecule has 20 rings (SSSR count). The SMILES string of the molecule is c1ccc2c(c1)Cc1c-2ccc2c1-c1ccccc1C2.c1ccc2c(c1)Cc1cc3c(cc1-2)-c1ccccc1C3.c1ccc2c(c1)Cc1cc3c(cc1-2)Cc1ccccc1-3.c1ccc2c(c1)Cc1ccc3c(c1-2)-c1ccccc1C3. The van der Waals surface area contributed by atoms with Crippen molar-refractivity contribution in [3.05, 3.63) is 332 Å². The van der Waals surface area contributed by atoms with Crippen LogP contribution in [0.4, 0.5) is 0 Å². The van der Waals surface area contributed by atoms with E-state index >= 15 is 0 Å². The van der Waals surface area contributed by atoms with Crippen LogP contribution in [0.2, 0.25) is 0 Å². The summed E-state index contributed by atoms with van der Waals surface area (Å²) >= 11 is 0. The lowest BCUT2D eigenvalue weighted by molar-refractivity contribution is 1.21. The Morgan fingerprint density at radius 3 is 0.775 bits per heavy atom. The van der Waals surface area contributed by atoms with Gasteiger partial charge in [0.2, 0.25) is 0 Å². The smallest absolute Gasteiger partial charge is 0.000718 e. The van der Waals surface area contributed by atoms with E-state index < -0.39 is 0 Å². The fourth-order valence-electron chi connectivity index (χ4n) is 15.3. The Bertz CT molecular complexity index is 4370. The fraction of sp³-hybridized carbons (Fsp3) is 0.100. The zero-order valence-electron chi connectivity index (χ0n) is 44.8. The summed E-state index contributed by atoms with van der Waals surface area (Å²) in [5, 5.41) is 0. The Balaban J connectivity index is 0.0000000853. The highest BCUT2D eigenvalue weighted by Crippen LogP contribution is 2.51. The van der Waals surface area contributed by atoms with Crippen LogP contribution < -0.4 is 0 Å². The third kappa shape index (κ3) is 7.21. The van der Waals surface area contributed by atoms with Crippen LogP contribution >= 0.6 is 0 Å². The zero-order valence-corrected chi connectivity index (χ0v) is 44.8. The lowest BCUT2D eigenvalue weighted by Gasteiger charge is -2.10. The predicted octanol–water partition coefficient (Wildman–Crippen LogP) is 19.3. The number of hydrogen-bond acceptors (Lipinski definition) is 0. The highest BCUT2D eigenvalue weighted by Gasteiger charge is 2.31. The summed E-state index contributed by atoms with van der Waals surface area (Å²) in [5.74, 6) is 0. The molecule has 0 aliphatic heterocycles. The van der Waals surface area contributed by atoms with Crippen LogP contribution in [0.25, 0.3) is 89.0 Å². The van der Waals surface area contributed by atoms with Gasteiger partial charge in [0.1, 0.15) is 0 Å². The molecule has 0 nitrogen and oxygen atoms in total. The maximum absolute atomic E-state index is 2.44. The van der Waals surface area contributed by atoms with Gasteiger partial charge in [-0.25, -0.2) is 0 Å².